The van der Waals surface area contributed by atoms with E-state index in [1.54, 1.807) is 14.1 Å². The summed E-state index contributed by atoms with van der Waals surface area (Å²) < 4.78 is 5.33. The average Bonchev–Trinajstić information content (AvgIpc) is 2.60. The van der Waals surface area contributed by atoms with Crippen molar-refractivity contribution in [1.82, 2.24) is 20.4 Å². The zero-order chi connectivity index (χ0) is 18.2. The molecule has 0 saturated carbocycles. The summed E-state index contributed by atoms with van der Waals surface area (Å²) in [6.07, 6.45) is 0. The molecule has 0 spiro atoms. The number of carbonyl (C=O) groups excluding carboxylic acids is 2. The van der Waals surface area contributed by atoms with E-state index in [1.165, 1.54) is 4.90 Å². The molecule has 0 aromatic heterocycles. The second-order valence-corrected chi connectivity index (χ2v) is 6.51. The van der Waals surface area contributed by atoms with Gasteiger partial charge in [0.15, 0.2) is 0 Å². The number of rotatable bonds is 6. The second kappa shape index (κ2) is 9.39. The lowest BCUT2D eigenvalue weighted by Crippen LogP contribution is -2.50. The highest BCUT2D eigenvalue weighted by Gasteiger charge is 2.25. The van der Waals surface area contributed by atoms with Crippen molar-refractivity contribution in [3.05, 3.63) is 35.9 Å². The molecule has 0 bridgehead atoms. The molecule has 7 nitrogen and oxygen atoms in total. The number of morpholine rings is 1. The van der Waals surface area contributed by atoms with Gasteiger partial charge >= 0.3 is 6.03 Å². The lowest BCUT2D eigenvalue weighted by molar-refractivity contribution is -0.130. The number of carbonyl (C=O) groups is 2. The van der Waals surface area contributed by atoms with E-state index in [-0.39, 0.29) is 18.0 Å². The maximum atomic E-state index is 12.4. The highest BCUT2D eigenvalue weighted by molar-refractivity contribution is 5.88. The molecule has 1 aliphatic rings. The second-order valence-electron chi connectivity index (χ2n) is 6.51. The predicted molar refractivity (Wildman–Crippen MR) is 96.3 cm³/mol. The summed E-state index contributed by atoms with van der Waals surface area (Å²) in [4.78, 5) is 28.6. The van der Waals surface area contributed by atoms with E-state index in [1.807, 2.05) is 37.3 Å². The Morgan fingerprint density at radius 2 is 1.80 bits per heavy atom. The number of urea groups is 1. The van der Waals surface area contributed by atoms with E-state index >= 15 is 0 Å². The fourth-order valence-electron chi connectivity index (χ4n) is 2.80. The van der Waals surface area contributed by atoms with Crippen molar-refractivity contribution in [2.75, 3.05) is 46.9 Å². The van der Waals surface area contributed by atoms with Crippen LogP contribution in [0.15, 0.2) is 30.3 Å². The molecule has 0 radical (unpaired) electrons. The van der Waals surface area contributed by atoms with Crippen LogP contribution in [-0.2, 0) is 9.53 Å². The molecule has 2 N–H and O–H groups in total. The van der Waals surface area contributed by atoms with Crippen LogP contribution in [0.4, 0.5) is 4.79 Å². The van der Waals surface area contributed by atoms with Gasteiger partial charge in [0.05, 0.1) is 13.2 Å². The van der Waals surface area contributed by atoms with Gasteiger partial charge in [-0.25, -0.2) is 4.79 Å². The molecule has 7 heteroatoms. The standard InChI is InChI=1S/C18H28N4O3/c1-14(13-22-9-11-25-12-10-22)19-18(24)20-16(17(23)21(2)3)15-7-5-4-6-8-15/h4-8,14,16H,9-13H2,1-3H3,(H2,19,20,24)/t14-,16-/m0/s1. The summed E-state index contributed by atoms with van der Waals surface area (Å²) >= 11 is 0. The van der Waals surface area contributed by atoms with E-state index in [9.17, 15) is 9.59 Å². The minimum absolute atomic E-state index is 0.0241. The number of likely N-dealkylation sites (N-methyl/N-ethyl adjacent to an activating group) is 1. The van der Waals surface area contributed by atoms with Crippen LogP contribution in [0.3, 0.4) is 0 Å². The van der Waals surface area contributed by atoms with Gasteiger partial charge in [-0.3, -0.25) is 9.69 Å². The van der Waals surface area contributed by atoms with E-state index in [4.69, 9.17) is 4.74 Å². The first-order valence-electron chi connectivity index (χ1n) is 8.60. The van der Waals surface area contributed by atoms with Crippen molar-refractivity contribution in [3.63, 3.8) is 0 Å². The minimum atomic E-state index is -0.702. The number of nitrogens with zero attached hydrogens (tertiary/aromatic N) is 2. The topological polar surface area (TPSA) is 73.9 Å². The summed E-state index contributed by atoms with van der Waals surface area (Å²) in [5.74, 6) is -0.165. The zero-order valence-corrected chi connectivity index (χ0v) is 15.2. The van der Waals surface area contributed by atoms with E-state index in [0.717, 1.165) is 38.4 Å². The van der Waals surface area contributed by atoms with Crippen LogP contribution in [0.25, 0.3) is 0 Å². The summed E-state index contributed by atoms with van der Waals surface area (Å²) in [5.41, 5.74) is 0.761. The highest BCUT2D eigenvalue weighted by atomic mass is 16.5. The quantitative estimate of drug-likeness (QED) is 0.799. The number of benzene rings is 1. The minimum Gasteiger partial charge on any atom is -0.379 e. The van der Waals surface area contributed by atoms with Gasteiger partial charge in [-0.05, 0) is 12.5 Å². The molecule has 0 unspecified atom stereocenters. The number of nitrogens with one attached hydrogen (secondary N) is 2. The third kappa shape index (κ3) is 6.03. The van der Waals surface area contributed by atoms with Crippen molar-refractivity contribution in [1.29, 1.82) is 0 Å². The molecule has 2 rings (SSSR count). The Kier molecular flexibility index (Phi) is 7.21. The fraction of sp³-hybridized carbons (Fsp3) is 0.556. The Balaban J connectivity index is 1.93. The monoisotopic (exact) mass is 348 g/mol. The van der Waals surface area contributed by atoms with E-state index in [0.29, 0.717) is 0 Å². The summed E-state index contributed by atoms with van der Waals surface area (Å²) in [5, 5.41) is 5.72. The molecular weight excluding hydrogens is 320 g/mol. The molecule has 1 aliphatic heterocycles. The highest BCUT2D eigenvalue weighted by Crippen LogP contribution is 2.14. The molecule has 25 heavy (non-hydrogen) atoms. The largest absolute Gasteiger partial charge is 0.379 e. The van der Waals surface area contributed by atoms with Crippen LogP contribution in [0.1, 0.15) is 18.5 Å². The van der Waals surface area contributed by atoms with Gasteiger partial charge in [0.2, 0.25) is 5.91 Å². The fourth-order valence-corrected chi connectivity index (χ4v) is 2.80. The van der Waals surface area contributed by atoms with Crippen molar-refractivity contribution >= 4 is 11.9 Å². The Bertz CT molecular complexity index is 559. The number of ether oxygens (including phenoxy) is 1. The maximum Gasteiger partial charge on any atom is 0.315 e. The van der Waals surface area contributed by atoms with Crippen molar-refractivity contribution in [3.8, 4) is 0 Å². The smallest absolute Gasteiger partial charge is 0.315 e. The van der Waals surface area contributed by atoms with Crippen molar-refractivity contribution < 1.29 is 14.3 Å². The summed E-state index contributed by atoms with van der Waals surface area (Å²) in [6.45, 7) is 5.92. The zero-order valence-electron chi connectivity index (χ0n) is 15.2. The molecule has 1 aromatic carbocycles. The normalized spacial score (nSPS) is 17.4. The van der Waals surface area contributed by atoms with Gasteiger partial charge in [-0.1, -0.05) is 30.3 Å². The number of hydrogen-bond acceptors (Lipinski definition) is 4. The van der Waals surface area contributed by atoms with E-state index < -0.39 is 6.04 Å². The molecule has 0 aliphatic carbocycles. The van der Waals surface area contributed by atoms with E-state index in [2.05, 4.69) is 15.5 Å². The van der Waals surface area contributed by atoms with Crippen LogP contribution in [0.2, 0.25) is 0 Å². The molecule has 2 atom stereocenters. The van der Waals surface area contributed by atoms with Gasteiger partial charge in [0.25, 0.3) is 0 Å². The Hall–Kier alpha value is -2.12. The van der Waals surface area contributed by atoms with Gasteiger partial charge in [-0.2, -0.15) is 0 Å². The Labute approximate surface area is 149 Å². The van der Waals surface area contributed by atoms with Crippen LogP contribution < -0.4 is 10.6 Å². The third-order valence-electron chi connectivity index (χ3n) is 4.11. The first kappa shape index (κ1) is 19.2. The maximum absolute atomic E-state index is 12.4. The van der Waals surface area contributed by atoms with Gasteiger partial charge < -0.3 is 20.3 Å². The predicted octanol–water partition coefficient (Wildman–Crippen LogP) is 0.836. The lowest BCUT2D eigenvalue weighted by Gasteiger charge is -2.30. The SMILES string of the molecule is C[C@@H](CN1CCOCC1)NC(=O)N[C@H](C(=O)N(C)C)c1ccccc1. The Morgan fingerprint density at radius 3 is 2.40 bits per heavy atom. The molecule has 3 amide bonds. The average molecular weight is 348 g/mol. The van der Waals surface area contributed by atoms with Gasteiger partial charge in [0, 0.05) is 39.8 Å². The molecule has 1 saturated heterocycles. The van der Waals surface area contributed by atoms with Gasteiger partial charge in [-0.15, -0.1) is 0 Å². The van der Waals surface area contributed by atoms with Crippen LogP contribution >= 0.6 is 0 Å². The number of hydrogen-bond donors (Lipinski definition) is 2. The third-order valence-corrected chi connectivity index (χ3v) is 4.11. The Morgan fingerprint density at radius 1 is 1.16 bits per heavy atom. The molecule has 1 heterocycles. The number of amides is 3. The molecule has 1 fully saturated rings. The first-order chi connectivity index (χ1) is 12.0. The molecular formula is C18H28N4O3. The van der Waals surface area contributed by atoms with Gasteiger partial charge in [0.1, 0.15) is 6.04 Å². The van der Waals surface area contributed by atoms with Crippen LogP contribution in [-0.4, -0.2) is 74.7 Å². The summed E-state index contributed by atoms with van der Waals surface area (Å²) in [7, 11) is 3.36. The first-order valence-corrected chi connectivity index (χ1v) is 8.60. The van der Waals surface area contributed by atoms with Crippen molar-refractivity contribution in [2.24, 2.45) is 0 Å². The molecule has 1 aromatic rings. The molecule has 138 valence electrons. The van der Waals surface area contributed by atoms with Crippen LogP contribution in [0.5, 0.6) is 0 Å². The van der Waals surface area contributed by atoms with Crippen LogP contribution in [0, 0.1) is 0 Å². The van der Waals surface area contributed by atoms with Crippen molar-refractivity contribution in [2.45, 2.75) is 19.0 Å². The lowest BCUT2D eigenvalue weighted by atomic mass is 10.1. The summed E-state index contributed by atoms with van der Waals surface area (Å²) in [6, 6.07) is 8.19.